The minimum atomic E-state index is -0.448. The van der Waals surface area contributed by atoms with Crippen molar-refractivity contribution in [1.29, 1.82) is 0 Å². The highest BCUT2D eigenvalue weighted by atomic mass is 16.5. The molecule has 4 heteroatoms. The number of aromatic nitrogens is 1. The van der Waals surface area contributed by atoms with Gasteiger partial charge in [-0.05, 0) is 19.1 Å². The maximum atomic E-state index is 13.1. The fourth-order valence-corrected chi connectivity index (χ4v) is 2.96. The molecule has 2 aromatic carbocycles. The van der Waals surface area contributed by atoms with Crippen LogP contribution in [0.3, 0.4) is 0 Å². The summed E-state index contributed by atoms with van der Waals surface area (Å²) < 4.78 is 7.19. The summed E-state index contributed by atoms with van der Waals surface area (Å²) >= 11 is 0. The SMILES string of the molecule is COc1ccc2c(C(=O)c3ccc(C)cc3)cn(CC(=O)C(C)(C)C)c2c1. The number of rotatable bonds is 5. The predicted octanol–water partition coefficient (Wildman–Crippen LogP) is 4.80. The second kappa shape index (κ2) is 7.03. The number of carbonyl (C=O) groups is 2. The largest absolute Gasteiger partial charge is 0.497 e. The van der Waals surface area contributed by atoms with E-state index < -0.39 is 5.41 Å². The Hall–Kier alpha value is -2.88. The van der Waals surface area contributed by atoms with Gasteiger partial charge < -0.3 is 9.30 Å². The van der Waals surface area contributed by atoms with Gasteiger partial charge >= 0.3 is 0 Å². The highest BCUT2D eigenvalue weighted by molar-refractivity contribution is 6.16. The number of hydrogen-bond donors (Lipinski definition) is 0. The third-order valence-electron chi connectivity index (χ3n) is 4.80. The molecule has 0 saturated carbocycles. The fourth-order valence-electron chi connectivity index (χ4n) is 2.96. The highest BCUT2D eigenvalue weighted by Gasteiger charge is 2.24. The molecule has 0 aliphatic carbocycles. The number of aryl methyl sites for hydroxylation is 1. The Labute approximate surface area is 159 Å². The Balaban J connectivity index is 2.11. The second-order valence-corrected chi connectivity index (χ2v) is 7.92. The minimum absolute atomic E-state index is 0.0490. The number of ketones is 2. The molecule has 0 spiro atoms. The minimum Gasteiger partial charge on any atom is -0.497 e. The Morgan fingerprint density at radius 2 is 1.70 bits per heavy atom. The summed E-state index contributed by atoms with van der Waals surface area (Å²) in [5.41, 5.74) is 2.71. The lowest BCUT2D eigenvalue weighted by molar-refractivity contribution is -0.126. The summed E-state index contributed by atoms with van der Waals surface area (Å²) in [5, 5.41) is 0.822. The molecular formula is C23H25NO3. The first kappa shape index (κ1) is 18.9. The van der Waals surface area contributed by atoms with Gasteiger partial charge in [-0.15, -0.1) is 0 Å². The van der Waals surface area contributed by atoms with E-state index in [9.17, 15) is 9.59 Å². The molecule has 0 aliphatic rings. The van der Waals surface area contributed by atoms with Crippen molar-refractivity contribution in [3.63, 3.8) is 0 Å². The number of Topliss-reactive ketones (excluding diaryl/α,β-unsaturated/α-hetero) is 1. The van der Waals surface area contributed by atoms with Crippen molar-refractivity contribution in [2.24, 2.45) is 5.41 Å². The molecule has 3 rings (SSSR count). The molecular weight excluding hydrogens is 338 g/mol. The van der Waals surface area contributed by atoms with E-state index in [0.29, 0.717) is 16.9 Å². The van der Waals surface area contributed by atoms with Crippen LogP contribution in [0.25, 0.3) is 10.9 Å². The van der Waals surface area contributed by atoms with Crippen molar-refractivity contribution in [2.45, 2.75) is 34.2 Å². The maximum Gasteiger partial charge on any atom is 0.195 e. The number of methoxy groups -OCH3 is 1. The van der Waals surface area contributed by atoms with Gasteiger partial charge in [0, 0.05) is 34.2 Å². The molecule has 0 radical (unpaired) electrons. The van der Waals surface area contributed by atoms with E-state index >= 15 is 0 Å². The Morgan fingerprint density at radius 3 is 2.30 bits per heavy atom. The molecule has 1 heterocycles. The van der Waals surface area contributed by atoms with E-state index in [2.05, 4.69) is 0 Å². The van der Waals surface area contributed by atoms with E-state index in [1.54, 1.807) is 13.3 Å². The zero-order chi connectivity index (χ0) is 19.8. The van der Waals surface area contributed by atoms with Crippen molar-refractivity contribution in [3.8, 4) is 5.75 Å². The topological polar surface area (TPSA) is 48.3 Å². The summed E-state index contributed by atoms with van der Waals surface area (Å²) in [6, 6.07) is 13.1. The van der Waals surface area contributed by atoms with Crippen LogP contribution in [0.5, 0.6) is 5.75 Å². The molecule has 0 fully saturated rings. The predicted molar refractivity (Wildman–Crippen MR) is 108 cm³/mol. The Morgan fingerprint density at radius 1 is 1.04 bits per heavy atom. The van der Waals surface area contributed by atoms with Crippen LogP contribution >= 0.6 is 0 Å². The number of fused-ring (bicyclic) bond motifs is 1. The van der Waals surface area contributed by atoms with Gasteiger partial charge in [0.2, 0.25) is 0 Å². The molecule has 1 aromatic heterocycles. The van der Waals surface area contributed by atoms with Crippen LogP contribution in [-0.4, -0.2) is 23.2 Å². The quantitative estimate of drug-likeness (QED) is 0.612. The number of ether oxygens (including phenoxy) is 1. The second-order valence-electron chi connectivity index (χ2n) is 7.92. The zero-order valence-corrected chi connectivity index (χ0v) is 16.5. The van der Waals surface area contributed by atoms with Gasteiger partial charge in [-0.2, -0.15) is 0 Å². The van der Waals surface area contributed by atoms with E-state index in [0.717, 1.165) is 16.5 Å². The molecule has 140 valence electrons. The number of carbonyl (C=O) groups excluding carboxylic acids is 2. The third kappa shape index (κ3) is 3.80. The van der Waals surface area contributed by atoms with Crippen molar-refractivity contribution in [1.82, 2.24) is 4.57 Å². The van der Waals surface area contributed by atoms with Crippen LogP contribution in [0.4, 0.5) is 0 Å². The molecule has 0 saturated heterocycles. The van der Waals surface area contributed by atoms with Gasteiger partial charge in [0.1, 0.15) is 5.75 Å². The van der Waals surface area contributed by atoms with Gasteiger partial charge in [0.25, 0.3) is 0 Å². The number of hydrogen-bond acceptors (Lipinski definition) is 3. The summed E-state index contributed by atoms with van der Waals surface area (Å²) in [6.07, 6.45) is 1.79. The number of nitrogens with zero attached hydrogens (tertiary/aromatic N) is 1. The third-order valence-corrected chi connectivity index (χ3v) is 4.80. The highest BCUT2D eigenvalue weighted by Crippen LogP contribution is 2.29. The van der Waals surface area contributed by atoms with Crippen molar-refractivity contribution >= 4 is 22.5 Å². The van der Waals surface area contributed by atoms with Gasteiger partial charge in [0.05, 0.1) is 19.2 Å². The molecule has 0 atom stereocenters. The fraction of sp³-hybridized carbons (Fsp3) is 0.304. The first-order chi connectivity index (χ1) is 12.7. The lowest BCUT2D eigenvalue weighted by Crippen LogP contribution is -2.24. The normalized spacial score (nSPS) is 11.6. The molecule has 3 aromatic rings. The molecule has 27 heavy (non-hydrogen) atoms. The first-order valence-electron chi connectivity index (χ1n) is 9.02. The maximum absolute atomic E-state index is 13.1. The molecule has 0 unspecified atom stereocenters. The summed E-state index contributed by atoms with van der Waals surface area (Å²) in [4.78, 5) is 25.7. The van der Waals surface area contributed by atoms with E-state index in [1.165, 1.54) is 0 Å². The summed E-state index contributed by atoms with van der Waals surface area (Å²) in [6.45, 7) is 7.92. The average molecular weight is 363 g/mol. The van der Waals surface area contributed by atoms with Gasteiger partial charge in [-0.3, -0.25) is 9.59 Å². The number of benzene rings is 2. The van der Waals surface area contributed by atoms with Gasteiger partial charge in [-0.25, -0.2) is 0 Å². The summed E-state index contributed by atoms with van der Waals surface area (Å²) in [5.74, 6) is 0.753. The first-order valence-corrected chi connectivity index (χ1v) is 9.02. The van der Waals surface area contributed by atoms with E-state index in [1.807, 2.05) is 74.7 Å². The van der Waals surface area contributed by atoms with Crippen LogP contribution in [0.15, 0.2) is 48.7 Å². The van der Waals surface area contributed by atoms with Crippen LogP contribution in [0, 0.1) is 12.3 Å². The van der Waals surface area contributed by atoms with Gasteiger partial charge in [-0.1, -0.05) is 50.6 Å². The monoisotopic (exact) mass is 363 g/mol. The zero-order valence-electron chi connectivity index (χ0n) is 16.5. The van der Waals surface area contributed by atoms with Gasteiger partial charge in [0.15, 0.2) is 11.6 Å². The standard InChI is InChI=1S/C23H25NO3/c1-15-6-8-16(9-7-15)22(26)19-13-24(14-21(25)23(2,3)4)20-12-17(27-5)10-11-18(19)20/h6-13H,14H2,1-5H3. The molecule has 0 amide bonds. The van der Waals surface area contributed by atoms with Crippen LogP contribution in [0.2, 0.25) is 0 Å². The molecule has 0 aliphatic heterocycles. The lowest BCUT2D eigenvalue weighted by Gasteiger charge is -2.17. The van der Waals surface area contributed by atoms with Crippen molar-refractivity contribution in [3.05, 3.63) is 65.4 Å². The van der Waals surface area contributed by atoms with Crippen LogP contribution < -0.4 is 4.74 Å². The lowest BCUT2D eigenvalue weighted by atomic mass is 9.91. The molecule has 4 nitrogen and oxygen atoms in total. The Kier molecular flexibility index (Phi) is 4.92. The molecule has 0 N–H and O–H groups in total. The van der Waals surface area contributed by atoms with Crippen molar-refractivity contribution in [2.75, 3.05) is 7.11 Å². The van der Waals surface area contributed by atoms with E-state index in [-0.39, 0.29) is 18.1 Å². The van der Waals surface area contributed by atoms with E-state index in [4.69, 9.17) is 4.74 Å². The average Bonchev–Trinajstić information content (AvgIpc) is 2.98. The van der Waals surface area contributed by atoms with Crippen molar-refractivity contribution < 1.29 is 14.3 Å². The summed E-state index contributed by atoms with van der Waals surface area (Å²) in [7, 11) is 1.60. The molecule has 0 bridgehead atoms. The van der Waals surface area contributed by atoms with Crippen LogP contribution in [-0.2, 0) is 11.3 Å². The smallest absolute Gasteiger partial charge is 0.195 e. The Bertz CT molecular complexity index is 1000. The van der Waals surface area contributed by atoms with Crippen LogP contribution in [0.1, 0.15) is 42.3 Å².